The molecule has 0 unspecified atom stereocenters. The topological polar surface area (TPSA) is 186 Å². The van der Waals surface area contributed by atoms with E-state index in [1.54, 1.807) is 27.7 Å². The van der Waals surface area contributed by atoms with Gasteiger partial charge in [0.15, 0.2) is 0 Å². The van der Waals surface area contributed by atoms with Crippen molar-refractivity contribution in [2.75, 3.05) is 0 Å². The number of aromatic carboxylic acids is 2. The number of aryl methyl sites for hydroxylation is 4. The largest absolute Gasteiger partial charge is 2.00 e. The van der Waals surface area contributed by atoms with Gasteiger partial charge in [0.25, 0.3) is 0 Å². The SMILES string of the molecule is CCCCC(=Nc1ccc(CC[Si](C)(C)C)cc1)C(CCCC)=Nc1ccc(CC[Si](C)(C)C)cc1.Cc1cc(O)c([O-])c(C(=O)O)c1C.Cc1cc(O)c([O-])c(C(=O)O)c1C.[Pd+2]. The van der Waals surface area contributed by atoms with Gasteiger partial charge in [-0.15, -0.1) is 0 Å². The maximum absolute atomic E-state index is 11.2. The molecule has 13 heteroatoms. The van der Waals surface area contributed by atoms with Crippen molar-refractivity contribution in [3.8, 4) is 23.0 Å². The molecule has 63 heavy (non-hydrogen) atoms. The Morgan fingerprint density at radius 1 is 0.571 bits per heavy atom. The van der Waals surface area contributed by atoms with Gasteiger partial charge in [0, 0.05) is 16.1 Å². The first kappa shape index (κ1) is 56.5. The Hall–Kier alpha value is -4.54. The molecular weight excluding hydrogens is 919 g/mol. The van der Waals surface area contributed by atoms with Gasteiger partial charge in [-0.3, -0.25) is 9.98 Å². The van der Waals surface area contributed by atoms with E-state index in [0.29, 0.717) is 22.3 Å². The van der Waals surface area contributed by atoms with Gasteiger partial charge in [-0.1, -0.05) is 114 Å². The average Bonchev–Trinajstić information content (AvgIpc) is 3.19. The van der Waals surface area contributed by atoms with Crippen LogP contribution in [0.3, 0.4) is 0 Å². The maximum Gasteiger partial charge on any atom is 2.00 e. The van der Waals surface area contributed by atoms with Gasteiger partial charge < -0.3 is 30.6 Å². The van der Waals surface area contributed by atoms with Crippen molar-refractivity contribution in [2.24, 2.45) is 9.98 Å². The number of hydrogen-bond donors (Lipinski definition) is 4. The summed E-state index contributed by atoms with van der Waals surface area (Å²) in [4.78, 5) is 31.6. The van der Waals surface area contributed by atoms with E-state index in [1.165, 1.54) is 72.5 Å². The third-order valence-corrected chi connectivity index (χ3v) is 14.1. The minimum atomic E-state index is -1.30. The number of rotatable bonds is 17. The van der Waals surface area contributed by atoms with Crippen LogP contribution in [0, 0.1) is 27.7 Å². The summed E-state index contributed by atoms with van der Waals surface area (Å²) in [6.07, 6.45) is 8.97. The molecule has 0 radical (unpaired) electrons. The van der Waals surface area contributed by atoms with Crippen molar-refractivity contribution >= 4 is 50.9 Å². The fraction of sp³-hybridized carbons (Fsp3) is 0.440. The predicted octanol–water partition coefficient (Wildman–Crippen LogP) is 12.2. The molecule has 0 spiro atoms. The molecule has 0 bridgehead atoms. The van der Waals surface area contributed by atoms with E-state index in [4.69, 9.17) is 30.4 Å². The Morgan fingerprint density at radius 2 is 0.873 bits per heavy atom. The normalized spacial score (nSPS) is 11.7. The van der Waals surface area contributed by atoms with Gasteiger partial charge in [-0.05, 0) is 136 Å². The van der Waals surface area contributed by atoms with Gasteiger partial charge in [-0.2, -0.15) is 0 Å². The minimum Gasteiger partial charge on any atom is -0.869 e. The fourth-order valence-electron chi connectivity index (χ4n) is 6.31. The molecule has 0 fully saturated rings. The van der Waals surface area contributed by atoms with E-state index in [2.05, 4.69) is 102 Å². The van der Waals surface area contributed by atoms with Gasteiger partial charge in [-0.25, -0.2) is 9.59 Å². The fourth-order valence-corrected chi connectivity index (χ4v) is 8.38. The first-order chi connectivity index (χ1) is 28.9. The molecule has 0 saturated carbocycles. The number of aliphatic imine (C=N–C) groups is 2. The van der Waals surface area contributed by atoms with Crippen LogP contribution >= 0.6 is 0 Å². The standard InChI is InChI=1S/C32H52N2Si2.2C9H10O4.Pd/c1-9-11-13-31(33-29-19-15-27(16-20-29)23-25-35(3,4)5)32(14-12-10-2)34-30-21-17-28(18-22-30)24-26-36(6,7)8;2*1-4-3-6(10)8(11)7(5(4)2)9(12)13;/h15-22H,9-14,23-26H2,1-8H3;2*3,10-11H,1-2H3,(H,12,13);/q;;;+2/p-2. The number of carboxylic acids is 2. The molecule has 0 atom stereocenters. The summed E-state index contributed by atoms with van der Waals surface area (Å²) in [5.41, 5.74) is 8.60. The number of phenolic OH excluding ortho intramolecular Hbond substituents is 2. The first-order valence-electron chi connectivity index (χ1n) is 21.7. The van der Waals surface area contributed by atoms with E-state index < -0.39 is 51.1 Å². The zero-order chi connectivity index (χ0) is 46.9. The molecule has 0 aliphatic rings. The molecule has 0 aliphatic carbocycles. The number of benzene rings is 4. The van der Waals surface area contributed by atoms with E-state index in [0.717, 1.165) is 37.1 Å². The van der Waals surface area contributed by atoms with Gasteiger partial charge in [0.05, 0.1) is 33.9 Å². The van der Waals surface area contributed by atoms with E-state index in [-0.39, 0.29) is 31.5 Å². The molecule has 346 valence electrons. The summed E-state index contributed by atoms with van der Waals surface area (Å²) < 4.78 is 0. The van der Waals surface area contributed by atoms with Crippen LogP contribution in [-0.2, 0) is 33.3 Å². The van der Waals surface area contributed by atoms with Crippen LogP contribution in [0.25, 0.3) is 0 Å². The first-order valence-corrected chi connectivity index (χ1v) is 29.1. The summed E-state index contributed by atoms with van der Waals surface area (Å²) in [6.45, 7) is 25.6. The van der Waals surface area contributed by atoms with Crippen LogP contribution in [0.2, 0.25) is 51.4 Å². The van der Waals surface area contributed by atoms with Crippen molar-refractivity contribution < 1.29 is 60.7 Å². The second kappa shape index (κ2) is 26.3. The quantitative estimate of drug-likeness (QED) is 0.0594. The van der Waals surface area contributed by atoms with Gasteiger partial charge in [0.2, 0.25) is 0 Å². The molecule has 0 aromatic heterocycles. The molecule has 4 N–H and O–H groups in total. The van der Waals surface area contributed by atoms with E-state index >= 15 is 0 Å². The number of hydrogen-bond acceptors (Lipinski definition) is 8. The Morgan fingerprint density at radius 3 is 1.13 bits per heavy atom. The molecule has 4 aromatic carbocycles. The van der Waals surface area contributed by atoms with Crippen molar-refractivity contribution in [3.05, 3.63) is 105 Å². The molecule has 4 rings (SSSR count). The molecule has 0 heterocycles. The summed E-state index contributed by atoms with van der Waals surface area (Å²) in [5, 5.41) is 57.8. The smallest absolute Gasteiger partial charge is 0.869 e. The zero-order valence-electron chi connectivity index (χ0n) is 39.5. The summed E-state index contributed by atoms with van der Waals surface area (Å²) in [5.74, 6) is -5.28. The third-order valence-electron chi connectivity index (χ3n) is 10.6. The third kappa shape index (κ3) is 19.4. The van der Waals surface area contributed by atoms with Crippen LogP contribution in [0.1, 0.15) is 106 Å². The molecule has 0 aliphatic heterocycles. The van der Waals surface area contributed by atoms with Gasteiger partial charge >= 0.3 is 32.4 Å². The number of unbranched alkanes of at least 4 members (excludes halogenated alkanes) is 2. The number of carboxylic acid groups (broad SMARTS) is 2. The van der Waals surface area contributed by atoms with Crippen molar-refractivity contribution in [1.82, 2.24) is 0 Å². The summed E-state index contributed by atoms with van der Waals surface area (Å²) >= 11 is 0. The van der Waals surface area contributed by atoms with Crippen molar-refractivity contribution in [1.29, 1.82) is 0 Å². The number of carbonyl (C=O) groups is 2. The molecule has 0 saturated heterocycles. The Kier molecular flexibility index (Phi) is 23.6. The Bertz CT molecular complexity index is 1970. The second-order valence-electron chi connectivity index (χ2n) is 18.5. The molecule has 4 aromatic rings. The Balaban J connectivity index is 0.000000595. The number of nitrogens with zero attached hydrogens (tertiary/aromatic N) is 2. The van der Waals surface area contributed by atoms with Crippen LogP contribution in [0.5, 0.6) is 23.0 Å². The van der Waals surface area contributed by atoms with Crippen LogP contribution < -0.4 is 10.2 Å². The van der Waals surface area contributed by atoms with E-state index in [1.807, 2.05) is 0 Å². The summed E-state index contributed by atoms with van der Waals surface area (Å²) in [6, 6.07) is 23.1. The second-order valence-corrected chi connectivity index (χ2v) is 29.7. The average molecular weight is 990 g/mol. The monoisotopic (exact) mass is 988 g/mol. The van der Waals surface area contributed by atoms with Crippen LogP contribution in [-0.4, -0.2) is 59.9 Å². The maximum atomic E-state index is 11.2. The van der Waals surface area contributed by atoms with E-state index in [9.17, 15) is 19.8 Å². The molecular formula is C50H70N2O8PdSi2. The number of phenols is 2. The predicted molar refractivity (Wildman–Crippen MR) is 258 cm³/mol. The number of aromatic hydroxyl groups is 2. The zero-order valence-corrected chi connectivity index (χ0v) is 43.0. The Labute approximate surface area is 392 Å². The molecule has 0 amide bonds. The summed E-state index contributed by atoms with van der Waals surface area (Å²) in [7, 11) is -2.04. The van der Waals surface area contributed by atoms with Crippen LogP contribution in [0.15, 0.2) is 70.6 Å². The molecule has 10 nitrogen and oxygen atoms in total. The van der Waals surface area contributed by atoms with Crippen molar-refractivity contribution in [3.63, 3.8) is 0 Å². The van der Waals surface area contributed by atoms with Gasteiger partial charge in [0.1, 0.15) is 11.5 Å². The minimum absolute atomic E-state index is 0. The van der Waals surface area contributed by atoms with Crippen molar-refractivity contribution in [2.45, 2.75) is 144 Å². The van der Waals surface area contributed by atoms with Crippen LogP contribution in [0.4, 0.5) is 11.4 Å².